The average Bonchev–Trinajstić information content (AvgIpc) is 2.89. The minimum Gasteiger partial charge on any atom is -0.369 e. The number of primary amides is 1. The summed E-state index contributed by atoms with van der Waals surface area (Å²) < 4.78 is 1.82. The van der Waals surface area contributed by atoms with Crippen molar-refractivity contribution in [2.45, 2.75) is 26.7 Å². The Labute approximate surface area is 147 Å². The molecule has 2 aromatic rings. The molecule has 0 aromatic carbocycles. The van der Waals surface area contributed by atoms with Gasteiger partial charge in [0.15, 0.2) is 0 Å². The number of nitrogens with two attached hydrogens (primary N) is 1. The van der Waals surface area contributed by atoms with Crippen molar-refractivity contribution < 1.29 is 9.59 Å². The molecule has 134 valence electrons. The summed E-state index contributed by atoms with van der Waals surface area (Å²) in [6, 6.07) is 3.92. The van der Waals surface area contributed by atoms with Crippen LogP contribution in [0.4, 0.5) is 0 Å². The Morgan fingerprint density at radius 2 is 2.20 bits per heavy atom. The van der Waals surface area contributed by atoms with Crippen LogP contribution in [0.2, 0.25) is 0 Å². The molecule has 0 aliphatic carbocycles. The highest BCUT2D eigenvalue weighted by molar-refractivity contribution is 5.94. The van der Waals surface area contributed by atoms with E-state index in [-0.39, 0.29) is 17.7 Å². The highest BCUT2D eigenvalue weighted by Gasteiger charge is 2.24. The lowest BCUT2D eigenvalue weighted by Crippen LogP contribution is -2.44. The van der Waals surface area contributed by atoms with Crippen LogP contribution in [0.5, 0.6) is 0 Å². The predicted octanol–water partition coefficient (Wildman–Crippen LogP) is 0.878. The fourth-order valence-corrected chi connectivity index (χ4v) is 3.44. The molecule has 1 atom stereocenters. The molecule has 1 saturated heterocycles. The number of aromatic nitrogens is 2. The van der Waals surface area contributed by atoms with Gasteiger partial charge in [-0.2, -0.15) is 0 Å². The van der Waals surface area contributed by atoms with E-state index in [2.05, 4.69) is 15.2 Å². The Morgan fingerprint density at radius 3 is 2.96 bits per heavy atom. The van der Waals surface area contributed by atoms with Crippen LogP contribution in [-0.4, -0.2) is 52.3 Å². The third-order valence-electron chi connectivity index (χ3n) is 4.79. The van der Waals surface area contributed by atoms with Crippen molar-refractivity contribution in [1.29, 1.82) is 0 Å². The maximum Gasteiger partial charge on any atom is 0.270 e. The number of carbonyl (C=O) groups is 2. The summed E-state index contributed by atoms with van der Waals surface area (Å²) in [5.74, 6) is -0.434. The van der Waals surface area contributed by atoms with Crippen molar-refractivity contribution in [1.82, 2.24) is 19.6 Å². The van der Waals surface area contributed by atoms with Crippen LogP contribution < -0.4 is 11.1 Å². The summed E-state index contributed by atoms with van der Waals surface area (Å²) in [4.78, 5) is 30.6. The molecule has 3 heterocycles. The molecule has 0 bridgehead atoms. The number of likely N-dealkylation sites (tertiary alicyclic amines) is 1. The van der Waals surface area contributed by atoms with Crippen LogP contribution in [0.25, 0.3) is 5.65 Å². The number of rotatable bonds is 5. The van der Waals surface area contributed by atoms with Gasteiger partial charge in [0, 0.05) is 25.8 Å². The van der Waals surface area contributed by atoms with Gasteiger partial charge in [-0.1, -0.05) is 0 Å². The maximum atomic E-state index is 12.6. The molecular formula is C18H25N5O2. The van der Waals surface area contributed by atoms with Crippen molar-refractivity contribution in [2.24, 2.45) is 11.7 Å². The van der Waals surface area contributed by atoms with E-state index in [0.717, 1.165) is 36.3 Å². The van der Waals surface area contributed by atoms with E-state index in [1.165, 1.54) is 0 Å². The van der Waals surface area contributed by atoms with Gasteiger partial charge in [0.2, 0.25) is 5.91 Å². The summed E-state index contributed by atoms with van der Waals surface area (Å²) in [5, 5.41) is 2.97. The first-order chi connectivity index (χ1) is 12.0. The number of nitrogens with one attached hydrogen (secondary N) is 1. The van der Waals surface area contributed by atoms with E-state index >= 15 is 0 Å². The van der Waals surface area contributed by atoms with Crippen molar-refractivity contribution in [2.75, 3.05) is 26.2 Å². The van der Waals surface area contributed by atoms with Gasteiger partial charge >= 0.3 is 0 Å². The number of amides is 2. The summed E-state index contributed by atoms with van der Waals surface area (Å²) in [6.45, 7) is 6.71. The third kappa shape index (κ3) is 3.82. The normalized spacial score (nSPS) is 18.4. The Bertz CT molecular complexity index is 798. The first kappa shape index (κ1) is 17.4. The number of piperidine rings is 1. The molecule has 0 saturated carbocycles. The first-order valence-corrected chi connectivity index (χ1v) is 8.71. The van der Waals surface area contributed by atoms with Crippen LogP contribution in [0.1, 0.15) is 34.6 Å². The molecule has 2 aromatic heterocycles. The van der Waals surface area contributed by atoms with E-state index in [4.69, 9.17) is 5.73 Å². The molecule has 2 amide bonds. The molecular weight excluding hydrogens is 318 g/mol. The zero-order valence-electron chi connectivity index (χ0n) is 14.8. The van der Waals surface area contributed by atoms with Crippen molar-refractivity contribution in [3.63, 3.8) is 0 Å². The van der Waals surface area contributed by atoms with Gasteiger partial charge < -0.3 is 16.0 Å². The monoisotopic (exact) mass is 343 g/mol. The number of nitrogens with zero attached hydrogens (tertiary/aromatic N) is 3. The van der Waals surface area contributed by atoms with Gasteiger partial charge in [-0.15, -0.1) is 0 Å². The zero-order valence-corrected chi connectivity index (χ0v) is 14.8. The van der Waals surface area contributed by atoms with E-state index < -0.39 is 0 Å². The second kappa shape index (κ2) is 7.23. The molecule has 1 aliphatic rings. The summed E-state index contributed by atoms with van der Waals surface area (Å²) in [6.07, 6.45) is 3.70. The largest absolute Gasteiger partial charge is 0.369 e. The smallest absolute Gasteiger partial charge is 0.270 e. The molecule has 7 heteroatoms. The van der Waals surface area contributed by atoms with Crippen LogP contribution in [0.15, 0.2) is 18.3 Å². The van der Waals surface area contributed by atoms with E-state index in [9.17, 15) is 9.59 Å². The standard InChI is InChI=1S/C18H25N5O2/c1-12-5-8-23-15(10-12)21-13(2)16(23)18(25)20-6-9-22-7-3-4-14(11-22)17(19)24/h5,8,10,14H,3-4,6-7,9,11H2,1-2H3,(H2,19,24)(H,20,25). The number of hydrogen-bond donors (Lipinski definition) is 2. The van der Waals surface area contributed by atoms with Crippen molar-refractivity contribution in [3.8, 4) is 0 Å². The number of fused-ring (bicyclic) bond motifs is 1. The second-order valence-corrected chi connectivity index (χ2v) is 6.78. The van der Waals surface area contributed by atoms with Crippen molar-refractivity contribution in [3.05, 3.63) is 35.3 Å². The van der Waals surface area contributed by atoms with Crippen LogP contribution in [0, 0.1) is 19.8 Å². The number of aryl methyl sites for hydroxylation is 2. The van der Waals surface area contributed by atoms with Gasteiger partial charge in [-0.05, 0) is 50.9 Å². The van der Waals surface area contributed by atoms with Gasteiger partial charge in [0.1, 0.15) is 11.3 Å². The number of imidazole rings is 1. The third-order valence-corrected chi connectivity index (χ3v) is 4.79. The summed E-state index contributed by atoms with van der Waals surface area (Å²) in [7, 11) is 0. The molecule has 25 heavy (non-hydrogen) atoms. The highest BCUT2D eigenvalue weighted by atomic mass is 16.2. The average molecular weight is 343 g/mol. The van der Waals surface area contributed by atoms with Gasteiger partial charge in [-0.25, -0.2) is 4.98 Å². The SMILES string of the molecule is Cc1ccn2c(C(=O)NCCN3CCCC(C(N)=O)C3)c(C)nc2c1. The quantitative estimate of drug-likeness (QED) is 0.843. The lowest BCUT2D eigenvalue weighted by molar-refractivity contribution is -0.123. The Morgan fingerprint density at radius 1 is 1.40 bits per heavy atom. The fraction of sp³-hybridized carbons (Fsp3) is 0.500. The Kier molecular flexibility index (Phi) is 5.03. The predicted molar refractivity (Wildman–Crippen MR) is 95.4 cm³/mol. The summed E-state index contributed by atoms with van der Waals surface area (Å²) in [5.41, 5.74) is 8.59. The lowest BCUT2D eigenvalue weighted by atomic mass is 9.97. The lowest BCUT2D eigenvalue weighted by Gasteiger charge is -2.31. The van der Waals surface area contributed by atoms with Crippen molar-refractivity contribution >= 4 is 17.5 Å². The van der Waals surface area contributed by atoms with E-state index in [1.807, 2.05) is 36.6 Å². The molecule has 3 rings (SSSR count). The van der Waals surface area contributed by atoms with Crippen LogP contribution >= 0.6 is 0 Å². The Balaban J connectivity index is 1.60. The minimum absolute atomic E-state index is 0.0753. The number of pyridine rings is 1. The van der Waals surface area contributed by atoms with Crippen LogP contribution in [-0.2, 0) is 4.79 Å². The molecule has 0 spiro atoms. The number of carbonyl (C=O) groups excluding carboxylic acids is 2. The van der Waals surface area contributed by atoms with Gasteiger partial charge in [0.05, 0.1) is 11.6 Å². The second-order valence-electron chi connectivity index (χ2n) is 6.78. The topological polar surface area (TPSA) is 92.7 Å². The van der Waals surface area contributed by atoms with Gasteiger partial charge in [0.25, 0.3) is 5.91 Å². The molecule has 1 aliphatic heterocycles. The summed E-state index contributed by atoms with van der Waals surface area (Å²) >= 11 is 0. The Hall–Kier alpha value is -2.41. The van der Waals surface area contributed by atoms with E-state index in [1.54, 1.807) is 0 Å². The van der Waals surface area contributed by atoms with E-state index in [0.29, 0.717) is 25.3 Å². The molecule has 7 nitrogen and oxygen atoms in total. The molecule has 3 N–H and O–H groups in total. The maximum absolute atomic E-state index is 12.6. The zero-order chi connectivity index (χ0) is 18.0. The molecule has 1 unspecified atom stereocenters. The van der Waals surface area contributed by atoms with Crippen LogP contribution in [0.3, 0.4) is 0 Å². The molecule has 1 fully saturated rings. The minimum atomic E-state index is -0.231. The highest BCUT2D eigenvalue weighted by Crippen LogP contribution is 2.16. The first-order valence-electron chi connectivity index (χ1n) is 8.71. The number of hydrogen-bond acceptors (Lipinski definition) is 4. The molecule has 0 radical (unpaired) electrons. The van der Waals surface area contributed by atoms with Gasteiger partial charge in [-0.3, -0.25) is 14.0 Å². The fourth-order valence-electron chi connectivity index (χ4n) is 3.44.